The van der Waals surface area contributed by atoms with Gasteiger partial charge >= 0.3 is 6.01 Å². The van der Waals surface area contributed by atoms with Crippen molar-refractivity contribution in [2.75, 3.05) is 30.4 Å². The van der Waals surface area contributed by atoms with Gasteiger partial charge in [0.15, 0.2) is 5.82 Å². The number of hydrogen-bond donors (Lipinski definition) is 0. The first-order chi connectivity index (χ1) is 8.24. The van der Waals surface area contributed by atoms with Gasteiger partial charge in [-0.3, -0.25) is 0 Å². The molecule has 6 heteroatoms. The maximum atomic E-state index is 6.13. The van der Waals surface area contributed by atoms with E-state index < -0.39 is 0 Å². The van der Waals surface area contributed by atoms with E-state index in [1.165, 1.54) is 12.8 Å². The fourth-order valence-electron chi connectivity index (χ4n) is 2.08. The van der Waals surface area contributed by atoms with Crippen molar-refractivity contribution in [3.63, 3.8) is 0 Å². The van der Waals surface area contributed by atoms with E-state index >= 15 is 0 Å². The second kappa shape index (κ2) is 5.87. The van der Waals surface area contributed by atoms with E-state index in [0.717, 1.165) is 24.2 Å². The number of aromatic nitrogens is 2. The maximum Gasteiger partial charge on any atom is 0.318 e. The predicted octanol–water partition coefficient (Wildman–Crippen LogP) is 2.75. The van der Waals surface area contributed by atoms with Crippen LogP contribution in [0, 0.1) is 5.92 Å². The molecule has 4 nitrogen and oxygen atoms in total. The summed E-state index contributed by atoms with van der Waals surface area (Å²) in [5.41, 5.74) is 0. The Hall–Kier alpha value is -0.550. The van der Waals surface area contributed by atoms with Crippen LogP contribution in [0.3, 0.4) is 0 Å². The molecule has 1 aliphatic heterocycles. The maximum absolute atomic E-state index is 6.13. The number of halogens is 2. The molecular weight excluding hydrogens is 305 g/mol. The van der Waals surface area contributed by atoms with E-state index in [1.54, 1.807) is 13.3 Å². The minimum Gasteiger partial charge on any atom is -0.467 e. The summed E-state index contributed by atoms with van der Waals surface area (Å²) in [5, 5.41) is 1.64. The zero-order valence-electron chi connectivity index (χ0n) is 9.70. The standard InChI is InChI=1S/C11H15BrClN3O/c1-17-11-14-6-9(13)10(15-11)16-5-3-8(7-16)2-4-12/h6,8H,2-5,7H2,1H3. The average molecular weight is 321 g/mol. The Labute approximate surface area is 114 Å². The van der Waals surface area contributed by atoms with Crippen molar-refractivity contribution < 1.29 is 4.74 Å². The summed E-state index contributed by atoms with van der Waals surface area (Å²) in [6.45, 7) is 2.00. The van der Waals surface area contributed by atoms with Gasteiger partial charge in [0.25, 0.3) is 0 Å². The second-order valence-corrected chi connectivity index (χ2v) is 5.31. The summed E-state index contributed by atoms with van der Waals surface area (Å²) >= 11 is 9.61. The van der Waals surface area contributed by atoms with Crippen LogP contribution in [0.25, 0.3) is 0 Å². The lowest BCUT2D eigenvalue weighted by Gasteiger charge is -2.18. The zero-order valence-corrected chi connectivity index (χ0v) is 12.0. The van der Waals surface area contributed by atoms with Crippen LogP contribution in [0.2, 0.25) is 5.02 Å². The molecule has 17 heavy (non-hydrogen) atoms. The molecule has 1 aromatic heterocycles. The van der Waals surface area contributed by atoms with Crippen LogP contribution in [-0.4, -0.2) is 35.5 Å². The van der Waals surface area contributed by atoms with Gasteiger partial charge in [-0.25, -0.2) is 4.98 Å². The first-order valence-electron chi connectivity index (χ1n) is 5.62. The molecule has 1 aliphatic rings. The summed E-state index contributed by atoms with van der Waals surface area (Å²) in [6, 6.07) is 0.369. The summed E-state index contributed by atoms with van der Waals surface area (Å²) in [4.78, 5) is 10.5. The summed E-state index contributed by atoms with van der Waals surface area (Å²) in [5.74, 6) is 1.50. The van der Waals surface area contributed by atoms with Crippen molar-refractivity contribution in [2.45, 2.75) is 12.8 Å². The third-order valence-corrected chi connectivity index (χ3v) is 3.71. The monoisotopic (exact) mass is 319 g/mol. The lowest BCUT2D eigenvalue weighted by molar-refractivity contribution is 0.380. The van der Waals surface area contributed by atoms with Gasteiger partial charge in [-0.05, 0) is 18.8 Å². The lowest BCUT2D eigenvalue weighted by Crippen LogP contribution is -2.21. The van der Waals surface area contributed by atoms with Gasteiger partial charge in [-0.1, -0.05) is 27.5 Å². The molecule has 0 bridgehead atoms. The topological polar surface area (TPSA) is 38.2 Å². The van der Waals surface area contributed by atoms with Crippen LogP contribution in [0.1, 0.15) is 12.8 Å². The number of alkyl halides is 1. The van der Waals surface area contributed by atoms with E-state index in [0.29, 0.717) is 17.0 Å². The molecule has 0 amide bonds. The highest BCUT2D eigenvalue weighted by atomic mass is 79.9. The molecule has 2 rings (SSSR count). The van der Waals surface area contributed by atoms with E-state index in [1.807, 2.05) is 0 Å². The molecule has 0 radical (unpaired) electrons. The molecule has 0 N–H and O–H groups in total. The van der Waals surface area contributed by atoms with E-state index in [-0.39, 0.29) is 0 Å². The number of nitrogens with zero attached hydrogens (tertiary/aromatic N) is 3. The predicted molar refractivity (Wildman–Crippen MR) is 72.3 cm³/mol. The van der Waals surface area contributed by atoms with Gasteiger partial charge in [0.05, 0.1) is 13.3 Å². The Kier molecular flexibility index (Phi) is 4.45. The van der Waals surface area contributed by atoms with Gasteiger partial charge in [-0.2, -0.15) is 4.98 Å². The highest BCUT2D eigenvalue weighted by Gasteiger charge is 2.25. The van der Waals surface area contributed by atoms with Crippen LogP contribution in [-0.2, 0) is 0 Å². The highest BCUT2D eigenvalue weighted by Crippen LogP contribution is 2.30. The van der Waals surface area contributed by atoms with Gasteiger partial charge in [0.1, 0.15) is 5.02 Å². The van der Waals surface area contributed by atoms with Gasteiger partial charge in [0, 0.05) is 18.4 Å². The number of ether oxygens (including phenoxy) is 1. The average Bonchev–Trinajstić information content (AvgIpc) is 2.79. The molecule has 0 aromatic carbocycles. The Morgan fingerprint density at radius 3 is 3.18 bits per heavy atom. The van der Waals surface area contributed by atoms with E-state index in [4.69, 9.17) is 16.3 Å². The summed E-state index contributed by atoms with van der Waals surface area (Å²) < 4.78 is 5.03. The highest BCUT2D eigenvalue weighted by molar-refractivity contribution is 9.09. The smallest absolute Gasteiger partial charge is 0.318 e. The fraction of sp³-hybridized carbons (Fsp3) is 0.636. The van der Waals surface area contributed by atoms with Crippen molar-refractivity contribution >= 4 is 33.3 Å². The Morgan fingerprint density at radius 1 is 1.65 bits per heavy atom. The van der Waals surface area contributed by atoms with Crippen LogP contribution in [0.4, 0.5) is 5.82 Å². The molecular formula is C11H15BrClN3O. The van der Waals surface area contributed by atoms with Gasteiger partial charge in [0.2, 0.25) is 0 Å². The van der Waals surface area contributed by atoms with Crippen LogP contribution >= 0.6 is 27.5 Å². The Bertz CT molecular complexity index is 391. The number of hydrogen-bond acceptors (Lipinski definition) is 4. The molecule has 0 aliphatic carbocycles. The first-order valence-corrected chi connectivity index (χ1v) is 7.12. The van der Waals surface area contributed by atoms with Crippen LogP contribution in [0.5, 0.6) is 6.01 Å². The zero-order chi connectivity index (χ0) is 12.3. The number of anilines is 1. The van der Waals surface area contributed by atoms with Crippen LogP contribution < -0.4 is 9.64 Å². The minimum atomic E-state index is 0.369. The molecule has 1 unspecified atom stereocenters. The number of rotatable bonds is 4. The normalized spacial score (nSPS) is 19.7. The van der Waals surface area contributed by atoms with Crippen LogP contribution in [0.15, 0.2) is 6.20 Å². The largest absolute Gasteiger partial charge is 0.467 e. The third-order valence-electron chi connectivity index (χ3n) is 2.99. The molecule has 0 spiro atoms. The molecule has 1 aromatic rings. The Balaban J connectivity index is 2.12. The fourth-order valence-corrected chi connectivity index (χ4v) is 2.94. The molecule has 1 fully saturated rings. The minimum absolute atomic E-state index is 0.369. The third kappa shape index (κ3) is 3.01. The lowest BCUT2D eigenvalue weighted by atomic mass is 10.1. The second-order valence-electron chi connectivity index (χ2n) is 4.11. The van der Waals surface area contributed by atoms with Crippen molar-refractivity contribution in [3.05, 3.63) is 11.2 Å². The first kappa shape index (κ1) is 12.9. The van der Waals surface area contributed by atoms with Crippen molar-refractivity contribution in [1.29, 1.82) is 0 Å². The summed E-state index contributed by atoms with van der Waals surface area (Å²) in [6.07, 6.45) is 3.98. The van der Waals surface area contributed by atoms with Crippen molar-refractivity contribution in [1.82, 2.24) is 9.97 Å². The molecule has 94 valence electrons. The quantitative estimate of drug-likeness (QED) is 0.800. The molecule has 2 heterocycles. The van der Waals surface area contributed by atoms with Crippen molar-refractivity contribution in [3.8, 4) is 6.01 Å². The van der Waals surface area contributed by atoms with Gasteiger partial charge < -0.3 is 9.64 Å². The SMILES string of the molecule is COc1ncc(Cl)c(N2CCC(CCBr)C2)n1. The van der Waals surface area contributed by atoms with Gasteiger partial charge in [-0.15, -0.1) is 0 Å². The molecule has 1 saturated heterocycles. The van der Waals surface area contributed by atoms with E-state index in [9.17, 15) is 0 Å². The Morgan fingerprint density at radius 2 is 2.47 bits per heavy atom. The molecule has 0 saturated carbocycles. The molecule has 1 atom stereocenters. The van der Waals surface area contributed by atoms with E-state index in [2.05, 4.69) is 30.8 Å². The van der Waals surface area contributed by atoms with Crippen molar-refractivity contribution in [2.24, 2.45) is 5.92 Å². The summed E-state index contributed by atoms with van der Waals surface area (Å²) in [7, 11) is 1.56. The number of methoxy groups -OCH3 is 1.